The highest BCUT2D eigenvalue weighted by molar-refractivity contribution is 5.52. The topological polar surface area (TPSA) is 70.5 Å². The lowest BCUT2D eigenvalue weighted by molar-refractivity contribution is 0.122. The summed E-state index contributed by atoms with van der Waals surface area (Å²) in [5, 5.41) is 0. The second-order valence-corrected chi connectivity index (χ2v) is 6.00. The van der Waals surface area contributed by atoms with Gasteiger partial charge in [-0.2, -0.15) is 0 Å². The van der Waals surface area contributed by atoms with Gasteiger partial charge in [-0.05, 0) is 0 Å². The summed E-state index contributed by atoms with van der Waals surface area (Å²) in [5.41, 5.74) is 0. The van der Waals surface area contributed by atoms with Gasteiger partial charge in [0.1, 0.15) is 24.3 Å². The van der Waals surface area contributed by atoms with Crippen molar-refractivity contribution in [3.8, 4) is 0 Å². The Morgan fingerprint density at radius 1 is 0.800 bits per heavy atom. The minimum absolute atomic E-state index is 0.367. The molecule has 9 heteroatoms. The van der Waals surface area contributed by atoms with E-state index < -0.39 is 0 Å². The van der Waals surface area contributed by atoms with Gasteiger partial charge in [-0.25, -0.2) is 24.3 Å². The van der Waals surface area contributed by atoms with Crippen molar-refractivity contribution in [2.75, 3.05) is 67.2 Å². The van der Waals surface area contributed by atoms with E-state index >= 15 is 0 Å². The van der Waals surface area contributed by atoms with Crippen molar-refractivity contribution >= 4 is 17.5 Å². The van der Waals surface area contributed by atoms with E-state index in [0.29, 0.717) is 18.9 Å². The number of morpholine rings is 1. The van der Waals surface area contributed by atoms with E-state index in [9.17, 15) is 4.39 Å². The van der Waals surface area contributed by atoms with E-state index in [-0.39, 0.29) is 5.82 Å². The third kappa shape index (κ3) is 3.46. The van der Waals surface area contributed by atoms with Crippen LogP contribution >= 0.6 is 0 Å². The number of halogens is 1. The number of rotatable bonds is 3. The van der Waals surface area contributed by atoms with Gasteiger partial charge in [0.25, 0.3) is 0 Å². The molecule has 0 spiro atoms. The summed E-state index contributed by atoms with van der Waals surface area (Å²) >= 11 is 0. The molecule has 25 heavy (non-hydrogen) atoms. The van der Waals surface area contributed by atoms with Crippen LogP contribution in [0.4, 0.5) is 21.8 Å². The summed E-state index contributed by atoms with van der Waals surface area (Å²) in [6, 6.07) is 2.02. The van der Waals surface area contributed by atoms with Crippen molar-refractivity contribution in [3.63, 3.8) is 0 Å². The molecule has 2 aliphatic rings. The molecular weight excluding hydrogens is 325 g/mol. The average molecular weight is 345 g/mol. The first-order chi connectivity index (χ1) is 12.3. The highest BCUT2D eigenvalue weighted by atomic mass is 19.1. The maximum atomic E-state index is 13.8. The van der Waals surface area contributed by atoms with E-state index in [2.05, 4.69) is 29.7 Å². The van der Waals surface area contributed by atoms with Crippen molar-refractivity contribution in [1.82, 2.24) is 19.9 Å². The van der Waals surface area contributed by atoms with Gasteiger partial charge in [0.2, 0.25) is 0 Å². The molecule has 2 aromatic rings. The molecule has 2 aliphatic heterocycles. The molecule has 4 rings (SSSR count). The van der Waals surface area contributed by atoms with Gasteiger partial charge >= 0.3 is 0 Å². The number of aromatic nitrogens is 4. The smallest absolute Gasteiger partial charge is 0.183 e. The maximum absolute atomic E-state index is 13.8. The van der Waals surface area contributed by atoms with Gasteiger partial charge in [-0.3, -0.25) is 0 Å². The van der Waals surface area contributed by atoms with Gasteiger partial charge in [-0.15, -0.1) is 0 Å². The molecule has 0 saturated carbocycles. The molecule has 132 valence electrons. The first kappa shape index (κ1) is 15.9. The Hall–Kier alpha value is -2.55. The standard InChI is InChI=1S/C16H20FN7O/c17-13-10-18-11-21-16(13)24-3-1-22(2-4-24)14-9-15(20-12-19-14)23-5-7-25-8-6-23/h9-12H,1-8H2. The van der Waals surface area contributed by atoms with Crippen LogP contribution in [0.2, 0.25) is 0 Å². The van der Waals surface area contributed by atoms with Crippen LogP contribution in [0.1, 0.15) is 0 Å². The fourth-order valence-electron chi connectivity index (χ4n) is 3.16. The lowest BCUT2D eigenvalue weighted by atomic mass is 10.3. The number of ether oxygens (including phenoxy) is 1. The van der Waals surface area contributed by atoms with Crippen LogP contribution in [-0.2, 0) is 4.74 Å². The molecule has 0 amide bonds. The number of piperazine rings is 1. The zero-order valence-electron chi connectivity index (χ0n) is 13.9. The van der Waals surface area contributed by atoms with Crippen LogP contribution in [0.3, 0.4) is 0 Å². The SMILES string of the molecule is Fc1cncnc1N1CCN(c2cc(N3CCOCC3)ncn2)CC1. The molecule has 0 aliphatic carbocycles. The van der Waals surface area contributed by atoms with Crippen molar-refractivity contribution in [2.45, 2.75) is 0 Å². The fraction of sp³-hybridized carbons (Fsp3) is 0.500. The molecule has 2 fully saturated rings. The van der Waals surface area contributed by atoms with E-state index in [1.165, 1.54) is 12.5 Å². The van der Waals surface area contributed by atoms with Crippen molar-refractivity contribution in [2.24, 2.45) is 0 Å². The number of nitrogens with zero attached hydrogens (tertiary/aromatic N) is 7. The Morgan fingerprint density at radius 3 is 2.12 bits per heavy atom. The van der Waals surface area contributed by atoms with E-state index in [1.807, 2.05) is 11.0 Å². The minimum atomic E-state index is -0.382. The fourth-order valence-corrected chi connectivity index (χ4v) is 3.16. The number of hydrogen-bond acceptors (Lipinski definition) is 8. The number of anilines is 3. The molecule has 0 aromatic carbocycles. The summed E-state index contributed by atoms with van der Waals surface area (Å²) in [7, 11) is 0. The molecule has 0 N–H and O–H groups in total. The lowest BCUT2D eigenvalue weighted by Gasteiger charge is -2.36. The van der Waals surface area contributed by atoms with Crippen LogP contribution in [-0.4, -0.2) is 72.4 Å². The summed E-state index contributed by atoms with van der Waals surface area (Å²) in [5.74, 6) is 1.82. The molecule has 0 radical (unpaired) electrons. The van der Waals surface area contributed by atoms with Gasteiger partial charge in [0, 0.05) is 45.3 Å². The first-order valence-electron chi connectivity index (χ1n) is 8.41. The monoisotopic (exact) mass is 345 g/mol. The van der Waals surface area contributed by atoms with Gasteiger partial charge in [0.05, 0.1) is 19.4 Å². The van der Waals surface area contributed by atoms with Crippen molar-refractivity contribution < 1.29 is 9.13 Å². The molecule has 8 nitrogen and oxygen atoms in total. The van der Waals surface area contributed by atoms with Crippen LogP contribution in [0.25, 0.3) is 0 Å². The largest absolute Gasteiger partial charge is 0.378 e. The Bertz CT molecular complexity index is 717. The zero-order chi connectivity index (χ0) is 17.1. The van der Waals surface area contributed by atoms with Crippen molar-refractivity contribution in [3.05, 3.63) is 30.7 Å². The second-order valence-electron chi connectivity index (χ2n) is 6.00. The molecule has 0 unspecified atom stereocenters. The molecule has 0 bridgehead atoms. The molecule has 2 aromatic heterocycles. The number of hydrogen-bond donors (Lipinski definition) is 0. The van der Waals surface area contributed by atoms with Crippen LogP contribution in [0, 0.1) is 5.82 Å². The lowest BCUT2D eigenvalue weighted by Crippen LogP contribution is -2.47. The Morgan fingerprint density at radius 2 is 1.44 bits per heavy atom. The summed E-state index contributed by atoms with van der Waals surface area (Å²) in [6.07, 6.45) is 4.19. The summed E-state index contributed by atoms with van der Waals surface area (Å²) < 4.78 is 19.2. The average Bonchev–Trinajstić information content (AvgIpc) is 2.69. The second kappa shape index (κ2) is 7.14. The van der Waals surface area contributed by atoms with Gasteiger partial charge in [-0.1, -0.05) is 0 Å². The molecule has 0 atom stereocenters. The summed E-state index contributed by atoms with van der Waals surface area (Å²) in [4.78, 5) is 22.9. The normalized spacial score (nSPS) is 18.5. The molecule has 2 saturated heterocycles. The Kier molecular flexibility index (Phi) is 4.55. The molecule has 4 heterocycles. The summed E-state index contributed by atoms with van der Waals surface area (Å²) in [6.45, 7) is 6.01. The van der Waals surface area contributed by atoms with Gasteiger partial charge in [0.15, 0.2) is 11.6 Å². The Balaban J connectivity index is 1.43. The predicted molar refractivity (Wildman–Crippen MR) is 91.5 cm³/mol. The van der Waals surface area contributed by atoms with E-state index in [4.69, 9.17) is 4.74 Å². The van der Waals surface area contributed by atoms with Gasteiger partial charge < -0.3 is 19.4 Å². The van der Waals surface area contributed by atoms with Crippen LogP contribution in [0.15, 0.2) is 24.9 Å². The van der Waals surface area contributed by atoms with Crippen LogP contribution in [0.5, 0.6) is 0 Å². The maximum Gasteiger partial charge on any atom is 0.183 e. The highest BCUT2D eigenvalue weighted by Crippen LogP contribution is 2.22. The van der Waals surface area contributed by atoms with E-state index in [0.717, 1.165) is 51.0 Å². The van der Waals surface area contributed by atoms with E-state index in [1.54, 1.807) is 6.33 Å². The quantitative estimate of drug-likeness (QED) is 0.800. The first-order valence-corrected chi connectivity index (χ1v) is 8.41. The highest BCUT2D eigenvalue weighted by Gasteiger charge is 2.22. The molecular formula is C16H20FN7O. The predicted octanol–water partition coefficient (Wildman–Crippen LogP) is 0.569. The zero-order valence-corrected chi connectivity index (χ0v) is 13.9. The minimum Gasteiger partial charge on any atom is -0.378 e. The third-order valence-corrected chi connectivity index (χ3v) is 4.52. The third-order valence-electron chi connectivity index (χ3n) is 4.52. The Labute approximate surface area is 145 Å². The van der Waals surface area contributed by atoms with Crippen LogP contribution < -0.4 is 14.7 Å². The van der Waals surface area contributed by atoms with Crippen molar-refractivity contribution in [1.29, 1.82) is 0 Å².